The number of benzene rings is 1. The number of methoxy groups -OCH3 is 1. The highest BCUT2D eigenvalue weighted by atomic mass is 35.5. The van der Waals surface area contributed by atoms with Crippen molar-refractivity contribution in [3.05, 3.63) is 58.9 Å². The van der Waals surface area contributed by atoms with Gasteiger partial charge in [0.05, 0.1) is 28.3 Å². The lowest BCUT2D eigenvalue weighted by Gasteiger charge is -2.25. The molecular weight excluding hydrogens is 442 g/mol. The van der Waals surface area contributed by atoms with E-state index in [1.165, 1.54) is 31.4 Å². The summed E-state index contributed by atoms with van der Waals surface area (Å²) in [6.07, 6.45) is 0.838. The predicted molar refractivity (Wildman–Crippen MR) is 118 cm³/mol. The van der Waals surface area contributed by atoms with E-state index < -0.39 is 28.6 Å². The fourth-order valence-corrected chi connectivity index (χ4v) is 4.03. The van der Waals surface area contributed by atoms with Crippen LogP contribution in [-0.4, -0.2) is 38.4 Å². The minimum Gasteiger partial charge on any atom is -0.465 e. The number of carbonyl (C=O) groups is 2. The zero-order valence-corrected chi connectivity index (χ0v) is 19.3. The third-order valence-electron chi connectivity index (χ3n) is 4.19. The molecule has 0 N–H and O–H groups in total. The fraction of sp³-hybridized carbons (Fsp3) is 0.286. The van der Waals surface area contributed by atoms with Crippen LogP contribution in [0.4, 0.5) is 10.6 Å². The number of hydrogen-bond acceptors (Lipinski definition) is 6. The number of fused-ring (bicyclic) bond motifs is 1. The maximum absolute atomic E-state index is 13.5. The van der Waals surface area contributed by atoms with Crippen LogP contribution in [0.1, 0.15) is 36.8 Å². The smallest absolute Gasteiger partial charge is 0.428 e. The summed E-state index contributed by atoms with van der Waals surface area (Å²) in [6, 6.07) is 9.29. The van der Waals surface area contributed by atoms with Crippen LogP contribution in [0.25, 0.3) is 5.65 Å². The molecular formula is C21H22ClN3O5S. The molecule has 3 rings (SSSR count). The van der Waals surface area contributed by atoms with Gasteiger partial charge in [-0.2, -0.15) is 4.31 Å². The second-order valence-electron chi connectivity index (χ2n) is 7.64. The van der Waals surface area contributed by atoms with Crippen LogP contribution in [0.2, 0.25) is 5.02 Å². The Morgan fingerprint density at radius 2 is 1.77 bits per heavy atom. The summed E-state index contributed by atoms with van der Waals surface area (Å²) in [6.45, 7) is 6.88. The number of anilines is 1. The van der Waals surface area contributed by atoms with Crippen LogP contribution in [0.5, 0.6) is 0 Å². The maximum atomic E-state index is 13.5. The van der Waals surface area contributed by atoms with Crippen molar-refractivity contribution in [2.45, 2.75) is 38.2 Å². The molecule has 3 aromatic rings. The van der Waals surface area contributed by atoms with E-state index in [1.807, 2.05) is 0 Å². The third-order valence-corrected chi connectivity index (χ3v) is 5.74. The minimum absolute atomic E-state index is 0.173. The highest BCUT2D eigenvalue weighted by Crippen LogP contribution is 2.28. The average molecular weight is 464 g/mol. The number of ether oxygens (including phenoxy) is 2. The number of hydrogen-bond donors (Lipinski definition) is 0. The molecule has 2 heterocycles. The predicted octanol–water partition coefficient (Wildman–Crippen LogP) is 4.55. The number of imidazole rings is 1. The topological polar surface area (TPSA) is 90.2 Å². The molecule has 1 unspecified atom stereocenters. The molecule has 0 radical (unpaired) electrons. The van der Waals surface area contributed by atoms with Gasteiger partial charge < -0.3 is 13.9 Å². The van der Waals surface area contributed by atoms with E-state index in [-0.39, 0.29) is 10.7 Å². The number of nitrogens with zero attached hydrogens (tertiary/aromatic N) is 3. The first kappa shape index (κ1) is 22.8. The quantitative estimate of drug-likeness (QED) is 0.527. The van der Waals surface area contributed by atoms with Gasteiger partial charge in [-0.15, -0.1) is 0 Å². The average Bonchev–Trinajstić information content (AvgIpc) is 3.02. The van der Waals surface area contributed by atoms with Crippen molar-refractivity contribution in [1.29, 1.82) is 0 Å². The van der Waals surface area contributed by atoms with Gasteiger partial charge in [-0.05, 0) is 64.1 Å². The zero-order valence-electron chi connectivity index (χ0n) is 17.7. The standard InChI is InChI=1S/C21H22ClN3O5S/c1-13-18(23-17-11-8-15(22)12-24(13)17)25(20(27)30-21(2,3)4)31(28)16-9-6-14(7-10-16)19(26)29-5/h6-12H,1-5H3. The van der Waals surface area contributed by atoms with E-state index in [1.54, 1.807) is 50.4 Å². The van der Waals surface area contributed by atoms with E-state index in [4.69, 9.17) is 16.3 Å². The van der Waals surface area contributed by atoms with E-state index in [0.717, 1.165) is 4.31 Å². The molecule has 0 aliphatic heterocycles. The largest absolute Gasteiger partial charge is 0.465 e. The van der Waals surface area contributed by atoms with E-state index in [9.17, 15) is 13.8 Å². The molecule has 164 valence electrons. The minimum atomic E-state index is -2.00. The fourth-order valence-electron chi connectivity index (χ4n) is 2.78. The van der Waals surface area contributed by atoms with Gasteiger partial charge in [0.15, 0.2) is 16.8 Å². The monoisotopic (exact) mass is 463 g/mol. The molecule has 1 atom stereocenters. The number of esters is 1. The van der Waals surface area contributed by atoms with Crippen LogP contribution in [0, 0.1) is 6.92 Å². The van der Waals surface area contributed by atoms with Crippen molar-refractivity contribution in [3.8, 4) is 0 Å². The molecule has 1 aromatic carbocycles. The number of halogens is 1. The molecule has 2 aromatic heterocycles. The van der Waals surface area contributed by atoms with Gasteiger partial charge in [0, 0.05) is 6.20 Å². The summed E-state index contributed by atoms with van der Waals surface area (Å²) >= 11 is 6.09. The first-order chi connectivity index (χ1) is 14.5. The van der Waals surface area contributed by atoms with Crippen molar-refractivity contribution in [3.63, 3.8) is 0 Å². The van der Waals surface area contributed by atoms with Gasteiger partial charge in [0.1, 0.15) is 11.2 Å². The molecule has 31 heavy (non-hydrogen) atoms. The number of aryl methyl sites for hydroxylation is 1. The first-order valence-corrected chi connectivity index (χ1v) is 10.8. The lowest BCUT2D eigenvalue weighted by molar-refractivity contribution is 0.0593. The Balaban J connectivity index is 2.09. The van der Waals surface area contributed by atoms with Gasteiger partial charge >= 0.3 is 12.1 Å². The van der Waals surface area contributed by atoms with Crippen molar-refractivity contribution in [2.75, 3.05) is 11.4 Å². The molecule has 0 saturated carbocycles. The van der Waals surface area contributed by atoms with Crippen LogP contribution in [-0.2, 0) is 20.5 Å². The van der Waals surface area contributed by atoms with Crippen LogP contribution < -0.4 is 4.31 Å². The summed E-state index contributed by atoms with van der Waals surface area (Å²) in [5.41, 5.74) is 0.571. The lowest BCUT2D eigenvalue weighted by atomic mass is 10.2. The summed E-state index contributed by atoms with van der Waals surface area (Å²) in [5.74, 6) is -0.346. The Kier molecular flexibility index (Phi) is 6.38. The SMILES string of the molecule is COC(=O)c1ccc(S(=O)N(C(=O)OC(C)(C)C)c2nc3ccc(Cl)cn3c2C)cc1. The molecule has 0 aliphatic rings. The number of carbonyl (C=O) groups excluding carboxylic acids is 2. The highest BCUT2D eigenvalue weighted by molar-refractivity contribution is 7.87. The summed E-state index contributed by atoms with van der Waals surface area (Å²) in [7, 11) is -0.730. The van der Waals surface area contributed by atoms with Crippen molar-refractivity contribution in [1.82, 2.24) is 9.38 Å². The molecule has 0 fully saturated rings. The van der Waals surface area contributed by atoms with Gasteiger partial charge in [-0.25, -0.2) is 18.8 Å². The summed E-state index contributed by atoms with van der Waals surface area (Å²) < 4.78 is 26.3. The van der Waals surface area contributed by atoms with E-state index in [2.05, 4.69) is 9.72 Å². The van der Waals surface area contributed by atoms with Crippen molar-refractivity contribution in [2.24, 2.45) is 0 Å². The molecule has 0 aliphatic carbocycles. The van der Waals surface area contributed by atoms with Crippen molar-refractivity contribution < 1.29 is 23.3 Å². The van der Waals surface area contributed by atoms with Crippen LogP contribution in [0.3, 0.4) is 0 Å². The lowest BCUT2D eigenvalue weighted by Crippen LogP contribution is -2.38. The second kappa shape index (κ2) is 8.68. The number of pyridine rings is 1. The molecule has 8 nitrogen and oxygen atoms in total. The van der Waals surface area contributed by atoms with Gasteiger partial charge in [0.25, 0.3) is 0 Å². The number of amides is 1. The van der Waals surface area contributed by atoms with Gasteiger partial charge in [-0.1, -0.05) is 11.6 Å². The Labute approximate surface area is 187 Å². The summed E-state index contributed by atoms with van der Waals surface area (Å²) in [4.78, 5) is 29.5. The van der Waals surface area contributed by atoms with E-state index in [0.29, 0.717) is 21.9 Å². The Morgan fingerprint density at radius 3 is 2.35 bits per heavy atom. The molecule has 0 spiro atoms. The first-order valence-electron chi connectivity index (χ1n) is 9.29. The van der Waals surface area contributed by atoms with E-state index >= 15 is 0 Å². The van der Waals surface area contributed by atoms with Gasteiger partial charge in [-0.3, -0.25) is 0 Å². The molecule has 10 heteroatoms. The Hall–Kier alpha value is -2.91. The summed E-state index contributed by atoms with van der Waals surface area (Å²) in [5, 5.41) is 0.489. The third kappa shape index (κ3) is 4.88. The van der Waals surface area contributed by atoms with Crippen LogP contribution >= 0.6 is 11.6 Å². The molecule has 0 saturated heterocycles. The highest BCUT2D eigenvalue weighted by Gasteiger charge is 2.32. The zero-order chi connectivity index (χ0) is 22.9. The van der Waals surface area contributed by atoms with Crippen LogP contribution in [0.15, 0.2) is 47.5 Å². The molecule has 0 bridgehead atoms. The maximum Gasteiger partial charge on any atom is 0.428 e. The Morgan fingerprint density at radius 1 is 1.13 bits per heavy atom. The second-order valence-corrected chi connectivity index (χ2v) is 9.41. The number of rotatable bonds is 4. The normalized spacial score (nSPS) is 12.5. The Bertz CT molecular complexity index is 1170. The molecule has 1 amide bonds. The number of aromatic nitrogens is 2. The van der Waals surface area contributed by atoms with Crippen molar-refractivity contribution >= 4 is 46.1 Å². The van der Waals surface area contributed by atoms with Gasteiger partial charge in [0.2, 0.25) is 0 Å².